The number of fused-ring (bicyclic) bond motifs is 1. The van der Waals surface area contributed by atoms with Crippen molar-refractivity contribution in [2.75, 3.05) is 13.2 Å². The first-order valence-corrected chi connectivity index (χ1v) is 6.97. The lowest BCUT2D eigenvalue weighted by Crippen LogP contribution is -2.27. The van der Waals surface area contributed by atoms with Crippen LogP contribution in [-0.2, 0) is 24.1 Å². The maximum Gasteiger partial charge on any atom is 0.157 e. The van der Waals surface area contributed by atoms with Crippen molar-refractivity contribution in [3.63, 3.8) is 0 Å². The zero-order chi connectivity index (χ0) is 13.0. The molecule has 0 fully saturated rings. The molecule has 1 unspecified atom stereocenters. The van der Waals surface area contributed by atoms with Crippen LogP contribution < -0.4 is 5.32 Å². The van der Waals surface area contributed by atoms with Crippen molar-refractivity contribution in [1.29, 1.82) is 0 Å². The van der Waals surface area contributed by atoms with E-state index in [0.29, 0.717) is 6.61 Å². The van der Waals surface area contributed by atoms with Gasteiger partial charge in [0.2, 0.25) is 0 Å². The summed E-state index contributed by atoms with van der Waals surface area (Å²) >= 11 is 0. The molecule has 4 heteroatoms. The predicted molar refractivity (Wildman–Crippen MR) is 71.5 cm³/mol. The SMILES string of the molecule is CCCc1nc(C(C)OCC)nc2c1CCNC2. The number of ether oxygens (including phenoxy) is 1. The minimum Gasteiger partial charge on any atom is -0.371 e. The van der Waals surface area contributed by atoms with Crippen molar-refractivity contribution in [1.82, 2.24) is 15.3 Å². The average molecular weight is 249 g/mol. The topological polar surface area (TPSA) is 47.0 Å². The third-order valence-corrected chi connectivity index (χ3v) is 3.31. The molecule has 0 saturated heterocycles. The van der Waals surface area contributed by atoms with Crippen LogP contribution >= 0.6 is 0 Å². The Morgan fingerprint density at radius 1 is 1.33 bits per heavy atom. The highest BCUT2D eigenvalue weighted by Crippen LogP contribution is 2.21. The van der Waals surface area contributed by atoms with Gasteiger partial charge in [-0.25, -0.2) is 9.97 Å². The number of hydrogen-bond acceptors (Lipinski definition) is 4. The minimum absolute atomic E-state index is 0.0159. The van der Waals surface area contributed by atoms with E-state index in [9.17, 15) is 0 Å². The van der Waals surface area contributed by atoms with Gasteiger partial charge in [-0.05, 0) is 38.8 Å². The van der Waals surface area contributed by atoms with E-state index >= 15 is 0 Å². The van der Waals surface area contributed by atoms with E-state index in [2.05, 4.69) is 17.2 Å². The van der Waals surface area contributed by atoms with Gasteiger partial charge in [0.05, 0.1) is 5.69 Å². The fourth-order valence-electron chi connectivity index (χ4n) is 2.41. The van der Waals surface area contributed by atoms with E-state index in [4.69, 9.17) is 9.72 Å². The fraction of sp³-hybridized carbons (Fsp3) is 0.714. The number of hydrogen-bond donors (Lipinski definition) is 1. The molecule has 1 atom stereocenters. The molecule has 0 amide bonds. The second-order valence-corrected chi connectivity index (χ2v) is 4.73. The highest BCUT2D eigenvalue weighted by atomic mass is 16.5. The lowest BCUT2D eigenvalue weighted by molar-refractivity contribution is 0.0696. The molecule has 100 valence electrons. The molecule has 2 rings (SSSR count). The Hall–Kier alpha value is -1.00. The van der Waals surface area contributed by atoms with E-state index in [1.807, 2.05) is 13.8 Å². The van der Waals surface area contributed by atoms with Gasteiger partial charge in [-0.2, -0.15) is 0 Å². The molecular formula is C14H23N3O. The van der Waals surface area contributed by atoms with Crippen LogP contribution in [0.4, 0.5) is 0 Å². The predicted octanol–water partition coefficient (Wildman–Crippen LogP) is 2.17. The molecule has 0 spiro atoms. The first kappa shape index (κ1) is 13.4. The van der Waals surface area contributed by atoms with Crippen LogP contribution in [0.5, 0.6) is 0 Å². The lowest BCUT2D eigenvalue weighted by atomic mass is 10.0. The summed E-state index contributed by atoms with van der Waals surface area (Å²) < 4.78 is 5.61. The molecule has 0 saturated carbocycles. The van der Waals surface area contributed by atoms with Crippen LogP contribution in [0.15, 0.2) is 0 Å². The molecule has 1 N–H and O–H groups in total. The van der Waals surface area contributed by atoms with E-state index in [0.717, 1.165) is 38.2 Å². The smallest absolute Gasteiger partial charge is 0.157 e. The molecule has 0 radical (unpaired) electrons. The zero-order valence-corrected chi connectivity index (χ0v) is 11.6. The monoisotopic (exact) mass is 249 g/mol. The zero-order valence-electron chi connectivity index (χ0n) is 11.6. The number of nitrogens with zero attached hydrogens (tertiary/aromatic N) is 2. The van der Waals surface area contributed by atoms with Crippen LogP contribution in [-0.4, -0.2) is 23.1 Å². The summed E-state index contributed by atoms with van der Waals surface area (Å²) in [6.45, 7) is 8.82. The highest BCUT2D eigenvalue weighted by molar-refractivity contribution is 5.29. The molecule has 1 aliphatic heterocycles. The Bertz CT molecular complexity index is 406. The minimum atomic E-state index is -0.0159. The van der Waals surface area contributed by atoms with Crippen molar-refractivity contribution in [2.45, 2.75) is 52.7 Å². The Labute approximate surface area is 109 Å². The van der Waals surface area contributed by atoms with Crippen LogP contribution in [0.25, 0.3) is 0 Å². The van der Waals surface area contributed by atoms with Crippen LogP contribution in [0.1, 0.15) is 56.1 Å². The van der Waals surface area contributed by atoms with Crippen LogP contribution in [0.2, 0.25) is 0 Å². The quantitative estimate of drug-likeness (QED) is 0.869. The van der Waals surface area contributed by atoms with Gasteiger partial charge in [0.1, 0.15) is 6.10 Å². The van der Waals surface area contributed by atoms with Gasteiger partial charge < -0.3 is 10.1 Å². The Kier molecular flexibility index (Phi) is 4.66. The molecule has 0 bridgehead atoms. The van der Waals surface area contributed by atoms with E-state index in [1.165, 1.54) is 17.0 Å². The summed E-state index contributed by atoms with van der Waals surface area (Å²) in [6, 6.07) is 0. The van der Waals surface area contributed by atoms with Gasteiger partial charge in [0, 0.05) is 18.8 Å². The first-order chi connectivity index (χ1) is 8.76. The summed E-state index contributed by atoms with van der Waals surface area (Å²) in [7, 11) is 0. The molecule has 0 aromatic carbocycles. The molecule has 1 aliphatic rings. The summed E-state index contributed by atoms with van der Waals surface area (Å²) in [5.41, 5.74) is 3.76. The number of aryl methyl sites for hydroxylation is 1. The summed E-state index contributed by atoms with van der Waals surface area (Å²) in [4.78, 5) is 9.41. The third-order valence-electron chi connectivity index (χ3n) is 3.31. The number of aromatic nitrogens is 2. The van der Waals surface area contributed by atoms with E-state index in [1.54, 1.807) is 0 Å². The van der Waals surface area contributed by atoms with E-state index in [-0.39, 0.29) is 6.10 Å². The second kappa shape index (κ2) is 6.25. The standard InChI is InChI=1S/C14H23N3O/c1-4-6-12-11-7-8-15-9-13(11)17-14(16-12)10(3)18-5-2/h10,15H,4-9H2,1-3H3. The molecule has 1 aromatic heterocycles. The van der Waals surface area contributed by atoms with Gasteiger partial charge >= 0.3 is 0 Å². The lowest BCUT2D eigenvalue weighted by Gasteiger charge is -2.21. The number of rotatable bonds is 5. The Balaban J connectivity index is 2.34. The van der Waals surface area contributed by atoms with E-state index < -0.39 is 0 Å². The van der Waals surface area contributed by atoms with Crippen LogP contribution in [0, 0.1) is 0 Å². The first-order valence-electron chi connectivity index (χ1n) is 6.97. The summed E-state index contributed by atoms with van der Waals surface area (Å²) in [6.07, 6.45) is 3.20. The van der Waals surface area contributed by atoms with Crippen molar-refractivity contribution in [3.05, 3.63) is 22.8 Å². The van der Waals surface area contributed by atoms with Gasteiger partial charge in [-0.3, -0.25) is 0 Å². The van der Waals surface area contributed by atoms with Crippen molar-refractivity contribution in [2.24, 2.45) is 0 Å². The summed E-state index contributed by atoms with van der Waals surface area (Å²) in [5, 5.41) is 3.38. The van der Waals surface area contributed by atoms with Gasteiger partial charge in [-0.15, -0.1) is 0 Å². The Morgan fingerprint density at radius 3 is 2.89 bits per heavy atom. The van der Waals surface area contributed by atoms with Crippen LogP contribution in [0.3, 0.4) is 0 Å². The largest absolute Gasteiger partial charge is 0.371 e. The van der Waals surface area contributed by atoms with Gasteiger partial charge in [0.25, 0.3) is 0 Å². The molecule has 18 heavy (non-hydrogen) atoms. The molecular weight excluding hydrogens is 226 g/mol. The Morgan fingerprint density at radius 2 is 2.17 bits per heavy atom. The highest BCUT2D eigenvalue weighted by Gasteiger charge is 2.19. The van der Waals surface area contributed by atoms with Crippen molar-refractivity contribution >= 4 is 0 Å². The molecule has 0 aliphatic carbocycles. The maximum absolute atomic E-state index is 5.61. The van der Waals surface area contributed by atoms with Gasteiger partial charge in [0.15, 0.2) is 5.82 Å². The summed E-state index contributed by atoms with van der Waals surface area (Å²) in [5.74, 6) is 0.836. The van der Waals surface area contributed by atoms with Gasteiger partial charge in [-0.1, -0.05) is 13.3 Å². The second-order valence-electron chi connectivity index (χ2n) is 4.73. The van der Waals surface area contributed by atoms with Crippen molar-refractivity contribution < 1.29 is 4.74 Å². The molecule has 1 aromatic rings. The third kappa shape index (κ3) is 2.87. The molecule has 2 heterocycles. The maximum atomic E-state index is 5.61. The normalized spacial score (nSPS) is 16.4. The average Bonchev–Trinajstić information content (AvgIpc) is 2.39. The molecule has 4 nitrogen and oxygen atoms in total. The van der Waals surface area contributed by atoms with Crippen molar-refractivity contribution in [3.8, 4) is 0 Å². The fourth-order valence-corrected chi connectivity index (χ4v) is 2.41. The number of nitrogens with one attached hydrogen (secondary N) is 1.